The van der Waals surface area contributed by atoms with Crippen molar-refractivity contribution in [3.63, 3.8) is 0 Å². The van der Waals surface area contributed by atoms with E-state index in [1.165, 1.54) is 13.2 Å². The Balaban J connectivity index is 2.49. The van der Waals surface area contributed by atoms with Gasteiger partial charge in [0.05, 0.1) is 20.1 Å². The molecule has 0 spiro atoms. The van der Waals surface area contributed by atoms with Gasteiger partial charge in [0.1, 0.15) is 11.6 Å². The van der Waals surface area contributed by atoms with Crippen molar-refractivity contribution in [1.29, 1.82) is 0 Å². The van der Waals surface area contributed by atoms with Gasteiger partial charge < -0.3 is 15.2 Å². The molecule has 0 bridgehead atoms. The average molecular weight is 227 g/mol. The lowest BCUT2D eigenvalue weighted by Crippen LogP contribution is -2.08. The number of benzene rings is 1. The maximum atomic E-state index is 13.3. The van der Waals surface area contributed by atoms with Crippen LogP contribution in [0.5, 0.6) is 5.75 Å². The van der Waals surface area contributed by atoms with Crippen molar-refractivity contribution < 1.29 is 18.7 Å². The average Bonchev–Trinajstić information content (AvgIpc) is 2.29. The SMILES string of the molecule is COC(=O)CCOc1ccc(CN)c(F)c1. The number of carbonyl (C=O) groups excluding carboxylic acids is 1. The molecule has 0 saturated carbocycles. The number of ether oxygens (including phenoxy) is 2. The number of hydrogen-bond donors (Lipinski definition) is 1. The minimum Gasteiger partial charge on any atom is -0.493 e. The van der Waals surface area contributed by atoms with Gasteiger partial charge in [0.15, 0.2) is 0 Å². The van der Waals surface area contributed by atoms with Crippen LogP contribution in [0.3, 0.4) is 0 Å². The van der Waals surface area contributed by atoms with E-state index in [4.69, 9.17) is 10.5 Å². The number of esters is 1. The van der Waals surface area contributed by atoms with Crippen LogP contribution < -0.4 is 10.5 Å². The van der Waals surface area contributed by atoms with Gasteiger partial charge in [-0.05, 0) is 6.07 Å². The Kier molecular flexibility index (Phi) is 4.72. The van der Waals surface area contributed by atoms with Crippen molar-refractivity contribution in [2.45, 2.75) is 13.0 Å². The van der Waals surface area contributed by atoms with Crippen molar-refractivity contribution in [3.8, 4) is 5.75 Å². The molecule has 1 rings (SSSR count). The Morgan fingerprint density at radius 1 is 1.50 bits per heavy atom. The Morgan fingerprint density at radius 3 is 2.81 bits per heavy atom. The van der Waals surface area contributed by atoms with Crippen molar-refractivity contribution in [1.82, 2.24) is 0 Å². The second-order valence-electron chi connectivity index (χ2n) is 3.13. The van der Waals surface area contributed by atoms with Crippen LogP contribution >= 0.6 is 0 Å². The summed E-state index contributed by atoms with van der Waals surface area (Å²) in [4.78, 5) is 10.8. The van der Waals surface area contributed by atoms with Gasteiger partial charge in [-0.15, -0.1) is 0 Å². The first-order valence-electron chi connectivity index (χ1n) is 4.85. The van der Waals surface area contributed by atoms with Gasteiger partial charge in [-0.2, -0.15) is 0 Å². The number of halogens is 1. The predicted molar refractivity (Wildman–Crippen MR) is 56.4 cm³/mol. The number of carbonyl (C=O) groups is 1. The molecule has 1 aromatic carbocycles. The molecule has 0 radical (unpaired) electrons. The second-order valence-corrected chi connectivity index (χ2v) is 3.13. The van der Waals surface area contributed by atoms with E-state index in [1.54, 1.807) is 12.1 Å². The third-order valence-electron chi connectivity index (χ3n) is 2.05. The molecule has 0 heterocycles. The van der Waals surface area contributed by atoms with Gasteiger partial charge >= 0.3 is 5.97 Å². The van der Waals surface area contributed by atoms with Gasteiger partial charge in [0, 0.05) is 18.2 Å². The van der Waals surface area contributed by atoms with E-state index in [0.29, 0.717) is 11.3 Å². The van der Waals surface area contributed by atoms with Gasteiger partial charge in [-0.3, -0.25) is 4.79 Å². The molecule has 0 aromatic heterocycles. The highest BCUT2D eigenvalue weighted by molar-refractivity contribution is 5.69. The second kappa shape index (κ2) is 6.07. The summed E-state index contributed by atoms with van der Waals surface area (Å²) in [6.45, 7) is 0.308. The zero-order valence-electron chi connectivity index (χ0n) is 9.03. The predicted octanol–water partition coefficient (Wildman–Crippen LogP) is 1.23. The summed E-state index contributed by atoms with van der Waals surface area (Å²) in [5, 5.41) is 0. The largest absolute Gasteiger partial charge is 0.493 e. The molecule has 0 aliphatic carbocycles. The quantitative estimate of drug-likeness (QED) is 0.768. The highest BCUT2D eigenvalue weighted by Crippen LogP contribution is 2.16. The first-order valence-corrected chi connectivity index (χ1v) is 4.85. The van der Waals surface area contributed by atoms with Crippen LogP contribution in [0.4, 0.5) is 4.39 Å². The van der Waals surface area contributed by atoms with Crippen molar-refractivity contribution >= 4 is 5.97 Å². The molecule has 0 amide bonds. The van der Waals surface area contributed by atoms with E-state index in [9.17, 15) is 9.18 Å². The maximum Gasteiger partial charge on any atom is 0.308 e. The standard InChI is InChI=1S/C11H14FNO3/c1-15-11(14)4-5-16-9-3-2-8(7-13)10(12)6-9/h2-3,6H,4-5,7,13H2,1H3. The van der Waals surface area contributed by atoms with Gasteiger partial charge in [-0.1, -0.05) is 6.07 Å². The monoisotopic (exact) mass is 227 g/mol. The number of methoxy groups -OCH3 is 1. The van der Waals surface area contributed by atoms with E-state index in [1.807, 2.05) is 0 Å². The molecular formula is C11H14FNO3. The molecule has 0 unspecified atom stereocenters. The summed E-state index contributed by atoms with van der Waals surface area (Å²) in [5.41, 5.74) is 5.75. The highest BCUT2D eigenvalue weighted by atomic mass is 19.1. The minimum absolute atomic E-state index is 0.136. The first-order chi connectivity index (χ1) is 7.67. The Hall–Kier alpha value is -1.62. The molecule has 4 nitrogen and oxygen atoms in total. The Labute approximate surface area is 93.2 Å². The summed E-state index contributed by atoms with van der Waals surface area (Å²) in [5.74, 6) is -0.393. The zero-order chi connectivity index (χ0) is 12.0. The van der Waals surface area contributed by atoms with Crippen LogP contribution in [0.2, 0.25) is 0 Å². The molecular weight excluding hydrogens is 213 g/mol. The molecule has 0 atom stereocenters. The molecule has 5 heteroatoms. The number of hydrogen-bond acceptors (Lipinski definition) is 4. The van der Waals surface area contributed by atoms with E-state index < -0.39 is 5.82 Å². The van der Waals surface area contributed by atoms with Crippen molar-refractivity contribution in [2.24, 2.45) is 5.73 Å². The lowest BCUT2D eigenvalue weighted by molar-refractivity contribution is -0.141. The van der Waals surface area contributed by atoms with E-state index in [0.717, 1.165) is 0 Å². The zero-order valence-corrected chi connectivity index (χ0v) is 9.03. The van der Waals surface area contributed by atoms with E-state index >= 15 is 0 Å². The normalized spacial score (nSPS) is 9.94. The molecule has 16 heavy (non-hydrogen) atoms. The van der Waals surface area contributed by atoms with Gasteiger partial charge in [0.25, 0.3) is 0 Å². The first kappa shape index (κ1) is 12.4. The number of rotatable bonds is 5. The van der Waals surface area contributed by atoms with Gasteiger partial charge in [-0.25, -0.2) is 4.39 Å². The van der Waals surface area contributed by atoms with E-state index in [2.05, 4.69) is 4.74 Å². The lowest BCUT2D eigenvalue weighted by Gasteiger charge is -2.06. The fourth-order valence-electron chi connectivity index (χ4n) is 1.14. The molecule has 88 valence electrons. The Bertz CT molecular complexity index is 368. The van der Waals surface area contributed by atoms with Crippen LogP contribution in [0.1, 0.15) is 12.0 Å². The molecule has 0 aliphatic rings. The van der Waals surface area contributed by atoms with Crippen LogP contribution in [-0.2, 0) is 16.1 Å². The van der Waals surface area contributed by atoms with Crippen LogP contribution in [0.25, 0.3) is 0 Å². The smallest absolute Gasteiger partial charge is 0.308 e. The van der Waals surface area contributed by atoms with Crippen LogP contribution in [0.15, 0.2) is 18.2 Å². The summed E-state index contributed by atoms with van der Waals surface area (Å²) in [7, 11) is 1.30. The van der Waals surface area contributed by atoms with Crippen LogP contribution in [-0.4, -0.2) is 19.7 Å². The number of nitrogens with two attached hydrogens (primary N) is 1. The van der Waals surface area contributed by atoms with Crippen molar-refractivity contribution in [2.75, 3.05) is 13.7 Å². The lowest BCUT2D eigenvalue weighted by atomic mass is 10.2. The highest BCUT2D eigenvalue weighted by Gasteiger charge is 2.04. The summed E-state index contributed by atoms with van der Waals surface area (Å²) >= 11 is 0. The summed E-state index contributed by atoms with van der Waals surface area (Å²) in [6, 6.07) is 4.42. The fraction of sp³-hybridized carbons (Fsp3) is 0.364. The minimum atomic E-state index is -0.405. The molecule has 1 aromatic rings. The Morgan fingerprint density at radius 2 is 2.25 bits per heavy atom. The summed E-state index contributed by atoms with van der Waals surface area (Å²) in [6.07, 6.45) is 0.136. The molecule has 0 saturated heterocycles. The maximum absolute atomic E-state index is 13.3. The molecule has 0 fully saturated rings. The van der Waals surface area contributed by atoms with E-state index in [-0.39, 0.29) is 25.5 Å². The third kappa shape index (κ3) is 3.51. The van der Waals surface area contributed by atoms with Gasteiger partial charge in [0.2, 0.25) is 0 Å². The summed E-state index contributed by atoms with van der Waals surface area (Å²) < 4.78 is 22.9. The third-order valence-corrected chi connectivity index (χ3v) is 2.05. The fourth-order valence-corrected chi connectivity index (χ4v) is 1.14. The van der Waals surface area contributed by atoms with Crippen molar-refractivity contribution in [3.05, 3.63) is 29.6 Å². The van der Waals surface area contributed by atoms with Crippen LogP contribution in [0, 0.1) is 5.82 Å². The molecule has 2 N–H and O–H groups in total. The topological polar surface area (TPSA) is 61.5 Å². The molecule has 0 aliphatic heterocycles.